The Labute approximate surface area is 129 Å². The predicted octanol–water partition coefficient (Wildman–Crippen LogP) is 3.05. The number of ether oxygens (including phenoxy) is 1. The summed E-state index contributed by atoms with van der Waals surface area (Å²) in [5.74, 6) is 0.0227. The zero-order chi connectivity index (χ0) is 15.8. The van der Waals surface area contributed by atoms with E-state index >= 15 is 0 Å². The number of para-hydroxylation sites is 1. The number of carbonyl (C=O) groups is 2. The largest absolute Gasteiger partial charge is 0.494 e. The third-order valence-electron chi connectivity index (χ3n) is 2.83. The molecule has 2 N–H and O–H groups in total. The molecule has 0 aliphatic rings. The van der Waals surface area contributed by atoms with Gasteiger partial charge in [0, 0.05) is 11.4 Å². The Morgan fingerprint density at radius 2 is 1.41 bits per heavy atom. The molecule has 0 saturated carbocycles. The number of hydrogen-bond acceptors (Lipinski definition) is 3. The molecule has 0 radical (unpaired) electrons. The van der Waals surface area contributed by atoms with Crippen molar-refractivity contribution in [2.75, 3.05) is 17.2 Å². The average Bonchev–Trinajstić information content (AvgIpc) is 2.50. The van der Waals surface area contributed by atoms with E-state index in [9.17, 15) is 9.59 Å². The van der Waals surface area contributed by atoms with Gasteiger partial charge in [-0.1, -0.05) is 18.2 Å². The third kappa shape index (κ3) is 4.94. The Morgan fingerprint density at radius 1 is 0.864 bits per heavy atom. The lowest BCUT2D eigenvalue weighted by molar-refractivity contribution is -0.123. The van der Waals surface area contributed by atoms with Crippen molar-refractivity contribution in [1.29, 1.82) is 0 Å². The van der Waals surface area contributed by atoms with Crippen molar-refractivity contribution < 1.29 is 14.3 Å². The molecule has 0 aliphatic heterocycles. The zero-order valence-electron chi connectivity index (χ0n) is 12.3. The van der Waals surface area contributed by atoms with Gasteiger partial charge in [0.25, 0.3) is 0 Å². The van der Waals surface area contributed by atoms with E-state index in [1.165, 1.54) is 0 Å². The van der Waals surface area contributed by atoms with Crippen molar-refractivity contribution in [2.45, 2.75) is 13.3 Å². The van der Waals surface area contributed by atoms with Crippen molar-refractivity contribution in [3.8, 4) is 5.75 Å². The Hall–Kier alpha value is -2.82. The molecule has 0 spiro atoms. The van der Waals surface area contributed by atoms with Gasteiger partial charge in [0.2, 0.25) is 11.8 Å². The van der Waals surface area contributed by atoms with Crippen LogP contribution in [0.25, 0.3) is 0 Å². The van der Waals surface area contributed by atoms with Crippen molar-refractivity contribution in [1.82, 2.24) is 0 Å². The summed E-state index contributed by atoms with van der Waals surface area (Å²) in [5, 5.41) is 5.34. The zero-order valence-corrected chi connectivity index (χ0v) is 12.3. The van der Waals surface area contributed by atoms with E-state index in [2.05, 4.69) is 10.6 Å². The van der Waals surface area contributed by atoms with Gasteiger partial charge in [-0.2, -0.15) is 0 Å². The summed E-state index contributed by atoms with van der Waals surface area (Å²) in [5.41, 5.74) is 1.29. The van der Waals surface area contributed by atoms with E-state index in [-0.39, 0.29) is 18.2 Å². The molecule has 2 rings (SSSR count). The number of anilines is 2. The van der Waals surface area contributed by atoms with Gasteiger partial charge in [0.15, 0.2) is 0 Å². The van der Waals surface area contributed by atoms with Crippen LogP contribution in [0, 0.1) is 0 Å². The van der Waals surface area contributed by atoms with Crippen molar-refractivity contribution >= 4 is 23.2 Å². The van der Waals surface area contributed by atoms with Crippen LogP contribution in [-0.4, -0.2) is 18.4 Å². The molecule has 22 heavy (non-hydrogen) atoms. The van der Waals surface area contributed by atoms with Gasteiger partial charge in [-0.05, 0) is 43.3 Å². The van der Waals surface area contributed by atoms with E-state index in [4.69, 9.17) is 4.74 Å². The van der Waals surface area contributed by atoms with Gasteiger partial charge < -0.3 is 15.4 Å². The molecule has 0 aromatic heterocycles. The summed E-state index contributed by atoms with van der Waals surface area (Å²) in [6.07, 6.45) is -0.234. The fourth-order valence-corrected chi connectivity index (χ4v) is 1.88. The molecule has 0 heterocycles. The second-order valence-electron chi connectivity index (χ2n) is 4.60. The van der Waals surface area contributed by atoms with E-state index in [0.29, 0.717) is 18.0 Å². The molecule has 0 unspecified atom stereocenters. The van der Waals surface area contributed by atoms with Gasteiger partial charge in [-0.25, -0.2) is 0 Å². The van der Waals surface area contributed by atoms with E-state index in [0.717, 1.165) is 5.75 Å². The highest BCUT2D eigenvalue weighted by atomic mass is 16.5. The maximum absolute atomic E-state index is 11.8. The van der Waals surface area contributed by atoms with Gasteiger partial charge in [0.05, 0.1) is 6.61 Å². The topological polar surface area (TPSA) is 67.4 Å². The van der Waals surface area contributed by atoms with Crippen LogP contribution in [0.5, 0.6) is 5.75 Å². The lowest BCUT2D eigenvalue weighted by Crippen LogP contribution is -2.21. The lowest BCUT2D eigenvalue weighted by atomic mass is 10.2. The maximum Gasteiger partial charge on any atom is 0.233 e. The molecule has 0 bridgehead atoms. The molecular formula is C17H18N2O3. The smallest absolute Gasteiger partial charge is 0.233 e. The van der Waals surface area contributed by atoms with E-state index in [1.54, 1.807) is 36.4 Å². The monoisotopic (exact) mass is 298 g/mol. The summed E-state index contributed by atoms with van der Waals surface area (Å²) >= 11 is 0. The molecule has 2 amide bonds. The Morgan fingerprint density at radius 3 is 1.95 bits per heavy atom. The number of amides is 2. The number of carbonyl (C=O) groups excluding carboxylic acids is 2. The molecule has 0 atom stereocenters. The third-order valence-corrected chi connectivity index (χ3v) is 2.83. The molecule has 5 heteroatoms. The molecule has 0 aliphatic carbocycles. The van der Waals surface area contributed by atoms with Crippen molar-refractivity contribution in [2.24, 2.45) is 0 Å². The van der Waals surface area contributed by atoms with Crippen LogP contribution in [0.4, 0.5) is 11.4 Å². The molecule has 0 fully saturated rings. The highest BCUT2D eigenvalue weighted by Gasteiger charge is 2.10. The fraction of sp³-hybridized carbons (Fsp3) is 0.176. The first-order valence-corrected chi connectivity index (χ1v) is 7.05. The first-order valence-electron chi connectivity index (χ1n) is 7.05. The maximum atomic E-state index is 11.8. The van der Waals surface area contributed by atoms with Crippen LogP contribution < -0.4 is 15.4 Å². The second-order valence-corrected chi connectivity index (χ2v) is 4.60. The second kappa shape index (κ2) is 7.83. The average molecular weight is 298 g/mol. The summed E-state index contributed by atoms with van der Waals surface area (Å²) in [6.45, 7) is 2.49. The molecule has 5 nitrogen and oxygen atoms in total. The van der Waals surface area contributed by atoms with Crippen molar-refractivity contribution in [3.63, 3.8) is 0 Å². The number of nitrogens with one attached hydrogen (secondary N) is 2. The standard InChI is InChI=1S/C17H18N2O3/c1-2-22-15-10-8-14(9-11-15)19-17(21)12-16(20)18-13-6-4-3-5-7-13/h3-11H,2,12H2,1H3,(H,18,20)(H,19,21). The summed E-state index contributed by atoms with van der Waals surface area (Å²) < 4.78 is 5.32. The minimum absolute atomic E-state index is 0.234. The van der Waals surface area contributed by atoms with E-state index < -0.39 is 0 Å². The molecule has 114 valence electrons. The number of hydrogen-bond donors (Lipinski definition) is 2. The van der Waals surface area contributed by atoms with Crippen molar-refractivity contribution in [3.05, 3.63) is 54.6 Å². The Bertz CT molecular complexity index is 624. The highest BCUT2D eigenvalue weighted by Crippen LogP contribution is 2.15. The van der Waals surface area contributed by atoms with Gasteiger partial charge in [-0.3, -0.25) is 9.59 Å². The summed E-state index contributed by atoms with van der Waals surface area (Å²) in [4.78, 5) is 23.6. The minimum Gasteiger partial charge on any atom is -0.494 e. The predicted molar refractivity (Wildman–Crippen MR) is 85.9 cm³/mol. The summed E-state index contributed by atoms with van der Waals surface area (Å²) in [7, 11) is 0. The van der Waals surface area contributed by atoms with Gasteiger partial charge in [0.1, 0.15) is 12.2 Å². The van der Waals surface area contributed by atoms with Crippen LogP contribution in [0.15, 0.2) is 54.6 Å². The first-order chi connectivity index (χ1) is 10.7. The molecule has 2 aromatic carbocycles. The molecular weight excluding hydrogens is 280 g/mol. The quantitative estimate of drug-likeness (QED) is 0.805. The molecule has 0 saturated heterocycles. The number of rotatable bonds is 6. The fourth-order valence-electron chi connectivity index (χ4n) is 1.88. The SMILES string of the molecule is CCOc1ccc(NC(=O)CC(=O)Nc2ccccc2)cc1. The summed E-state index contributed by atoms with van der Waals surface area (Å²) in [6, 6.07) is 16.0. The van der Waals surface area contributed by atoms with Crippen LogP contribution >= 0.6 is 0 Å². The van der Waals surface area contributed by atoms with Crippen LogP contribution in [0.2, 0.25) is 0 Å². The first kappa shape index (κ1) is 15.6. The Balaban J connectivity index is 1.83. The van der Waals surface area contributed by atoms with Gasteiger partial charge in [-0.15, -0.1) is 0 Å². The lowest BCUT2D eigenvalue weighted by Gasteiger charge is -2.08. The Kier molecular flexibility index (Phi) is 5.54. The van der Waals surface area contributed by atoms with Crippen LogP contribution in [0.1, 0.15) is 13.3 Å². The van der Waals surface area contributed by atoms with Crippen LogP contribution in [0.3, 0.4) is 0 Å². The number of benzene rings is 2. The van der Waals surface area contributed by atoms with Crippen LogP contribution in [-0.2, 0) is 9.59 Å². The van der Waals surface area contributed by atoms with E-state index in [1.807, 2.05) is 25.1 Å². The highest BCUT2D eigenvalue weighted by molar-refractivity contribution is 6.08. The normalized spacial score (nSPS) is 9.86. The molecule has 2 aromatic rings. The minimum atomic E-state index is -0.363. The van der Waals surface area contributed by atoms with Gasteiger partial charge >= 0.3 is 0 Å².